The number of anilines is 1. The number of rotatable bonds is 6. The van der Waals surface area contributed by atoms with Crippen LogP contribution in [0.25, 0.3) is 0 Å². The molecule has 0 heterocycles. The Morgan fingerprint density at radius 2 is 1.68 bits per heavy atom. The summed E-state index contributed by atoms with van der Waals surface area (Å²) in [7, 11) is 0. The molecule has 3 aromatic rings. The molecule has 0 radical (unpaired) electrons. The molecule has 0 atom stereocenters. The van der Waals surface area contributed by atoms with Gasteiger partial charge in [0.05, 0.1) is 0 Å². The molecule has 3 aromatic carbocycles. The van der Waals surface area contributed by atoms with Gasteiger partial charge >= 0.3 is 0 Å². The van der Waals surface area contributed by atoms with Gasteiger partial charge in [-0.2, -0.15) is 0 Å². The van der Waals surface area contributed by atoms with E-state index in [1.54, 1.807) is 0 Å². The summed E-state index contributed by atoms with van der Waals surface area (Å²) in [4.78, 5) is 0. The fraction of sp³-hybridized carbons (Fsp3) is 0.143. The third-order valence-corrected chi connectivity index (χ3v) is 4.53. The lowest BCUT2D eigenvalue weighted by Gasteiger charge is -2.10. The highest BCUT2D eigenvalue weighted by atomic mass is 35.5. The Bertz CT molecular complexity index is 847. The number of nitrogens with one attached hydrogen (secondary N) is 1. The zero-order valence-corrected chi connectivity index (χ0v) is 15.4. The number of hydrogen-bond acceptors (Lipinski definition) is 2. The van der Waals surface area contributed by atoms with E-state index in [9.17, 15) is 0 Å². The molecule has 0 aromatic heterocycles. The fourth-order valence-electron chi connectivity index (χ4n) is 2.40. The van der Waals surface area contributed by atoms with Gasteiger partial charge in [-0.3, -0.25) is 0 Å². The van der Waals surface area contributed by atoms with Gasteiger partial charge in [0.25, 0.3) is 0 Å². The highest BCUT2D eigenvalue weighted by Crippen LogP contribution is 2.21. The molecular formula is C21H19Cl2NO. The van der Waals surface area contributed by atoms with E-state index in [2.05, 4.69) is 17.4 Å². The minimum absolute atomic E-state index is 0.500. The molecule has 0 spiro atoms. The van der Waals surface area contributed by atoms with Gasteiger partial charge in [0.1, 0.15) is 12.4 Å². The first-order valence-electron chi connectivity index (χ1n) is 8.06. The van der Waals surface area contributed by atoms with Crippen molar-refractivity contribution in [1.82, 2.24) is 0 Å². The molecule has 1 N–H and O–H groups in total. The summed E-state index contributed by atoms with van der Waals surface area (Å²) in [5.41, 5.74) is 4.31. The molecule has 0 aliphatic carbocycles. The summed E-state index contributed by atoms with van der Waals surface area (Å²) in [6.07, 6.45) is 0. The van der Waals surface area contributed by atoms with Crippen LogP contribution in [0.3, 0.4) is 0 Å². The Morgan fingerprint density at radius 1 is 0.880 bits per heavy atom. The van der Waals surface area contributed by atoms with E-state index in [-0.39, 0.29) is 0 Å². The molecule has 0 saturated carbocycles. The molecule has 0 unspecified atom stereocenters. The topological polar surface area (TPSA) is 21.3 Å². The average molecular weight is 372 g/mol. The van der Waals surface area contributed by atoms with E-state index >= 15 is 0 Å². The van der Waals surface area contributed by atoms with Crippen molar-refractivity contribution in [3.63, 3.8) is 0 Å². The standard InChI is InChI=1S/C21H19Cl2NO/c1-15-5-8-19(12-21(15)23)24-13-16-6-9-20(10-7-16)25-14-17-3-2-4-18(22)11-17/h2-12,24H,13-14H2,1H3. The van der Waals surface area contributed by atoms with Crippen molar-refractivity contribution in [1.29, 1.82) is 0 Å². The number of aryl methyl sites for hydroxylation is 1. The smallest absolute Gasteiger partial charge is 0.119 e. The molecule has 0 aliphatic heterocycles. The number of hydrogen-bond donors (Lipinski definition) is 1. The predicted octanol–water partition coefficient (Wildman–Crippen LogP) is 6.49. The van der Waals surface area contributed by atoms with Crippen LogP contribution in [0, 0.1) is 6.92 Å². The molecule has 3 rings (SSSR count). The Hall–Kier alpha value is -2.16. The normalized spacial score (nSPS) is 10.5. The molecule has 0 fully saturated rings. The SMILES string of the molecule is Cc1ccc(NCc2ccc(OCc3cccc(Cl)c3)cc2)cc1Cl. The lowest BCUT2D eigenvalue weighted by Crippen LogP contribution is -2.00. The van der Waals surface area contributed by atoms with Crippen molar-refractivity contribution in [3.05, 3.63) is 93.5 Å². The number of halogens is 2. The van der Waals surface area contributed by atoms with Gasteiger partial charge in [0, 0.05) is 22.3 Å². The highest BCUT2D eigenvalue weighted by Gasteiger charge is 2.00. The van der Waals surface area contributed by atoms with E-state index in [0.717, 1.165) is 39.2 Å². The minimum Gasteiger partial charge on any atom is -0.489 e. The van der Waals surface area contributed by atoms with Crippen LogP contribution in [0.1, 0.15) is 16.7 Å². The fourth-order valence-corrected chi connectivity index (χ4v) is 2.80. The Labute approximate surface area is 158 Å². The second-order valence-electron chi connectivity index (χ2n) is 5.88. The zero-order chi connectivity index (χ0) is 17.6. The second kappa shape index (κ2) is 8.28. The van der Waals surface area contributed by atoms with Gasteiger partial charge in [0.15, 0.2) is 0 Å². The van der Waals surface area contributed by atoms with Crippen LogP contribution in [0.2, 0.25) is 10.0 Å². The van der Waals surface area contributed by atoms with Crippen molar-refractivity contribution in [2.24, 2.45) is 0 Å². The van der Waals surface area contributed by atoms with Gasteiger partial charge in [0.2, 0.25) is 0 Å². The maximum absolute atomic E-state index is 6.15. The van der Waals surface area contributed by atoms with Gasteiger partial charge in [-0.05, 0) is 60.0 Å². The van der Waals surface area contributed by atoms with E-state index in [1.165, 1.54) is 5.56 Å². The molecule has 2 nitrogen and oxygen atoms in total. The Morgan fingerprint density at radius 3 is 2.40 bits per heavy atom. The third-order valence-electron chi connectivity index (χ3n) is 3.89. The van der Waals surface area contributed by atoms with Crippen LogP contribution in [-0.2, 0) is 13.2 Å². The van der Waals surface area contributed by atoms with Crippen LogP contribution in [0.5, 0.6) is 5.75 Å². The molecular weight excluding hydrogens is 353 g/mol. The summed E-state index contributed by atoms with van der Waals surface area (Å²) in [5, 5.41) is 4.87. The van der Waals surface area contributed by atoms with Crippen LogP contribution >= 0.6 is 23.2 Å². The van der Waals surface area contributed by atoms with Gasteiger partial charge in [-0.1, -0.05) is 53.5 Å². The van der Waals surface area contributed by atoms with Crippen molar-refractivity contribution in [2.45, 2.75) is 20.1 Å². The van der Waals surface area contributed by atoms with Crippen LogP contribution < -0.4 is 10.1 Å². The van der Waals surface area contributed by atoms with Crippen molar-refractivity contribution >= 4 is 28.9 Å². The van der Waals surface area contributed by atoms with E-state index < -0.39 is 0 Å². The Balaban J connectivity index is 1.54. The maximum atomic E-state index is 6.15. The highest BCUT2D eigenvalue weighted by molar-refractivity contribution is 6.31. The first-order chi connectivity index (χ1) is 12.1. The number of ether oxygens (including phenoxy) is 1. The van der Waals surface area contributed by atoms with E-state index in [0.29, 0.717) is 6.61 Å². The first-order valence-corrected chi connectivity index (χ1v) is 8.82. The lowest BCUT2D eigenvalue weighted by atomic mass is 10.2. The molecule has 128 valence electrons. The number of benzene rings is 3. The Kier molecular flexibility index (Phi) is 5.85. The summed E-state index contributed by atoms with van der Waals surface area (Å²) in [5.74, 6) is 0.835. The van der Waals surface area contributed by atoms with Crippen molar-refractivity contribution in [3.8, 4) is 5.75 Å². The summed E-state index contributed by atoms with van der Waals surface area (Å²) < 4.78 is 5.80. The van der Waals surface area contributed by atoms with Crippen LogP contribution in [0.4, 0.5) is 5.69 Å². The zero-order valence-electron chi connectivity index (χ0n) is 13.9. The lowest BCUT2D eigenvalue weighted by molar-refractivity contribution is 0.306. The van der Waals surface area contributed by atoms with Crippen LogP contribution in [0.15, 0.2) is 66.7 Å². The largest absolute Gasteiger partial charge is 0.489 e. The van der Waals surface area contributed by atoms with Gasteiger partial charge in [-0.25, -0.2) is 0 Å². The summed E-state index contributed by atoms with van der Waals surface area (Å²) >= 11 is 12.1. The molecule has 4 heteroatoms. The van der Waals surface area contributed by atoms with E-state index in [1.807, 2.05) is 61.5 Å². The van der Waals surface area contributed by atoms with Gasteiger partial charge in [-0.15, -0.1) is 0 Å². The molecule has 0 bridgehead atoms. The average Bonchev–Trinajstić information content (AvgIpc) is 2.62. The van der Waals surface area contributed by atoms with Crippen molar-refractivity contribution in [2.75, 3.05) is 5.32 Å². The van der Waals surface area contributed by atoms with Crippen LogP contribution in [-0.4, -0.2) is 0 Å². The monoisotopic (exact) mass is 371 g/mol. The molecule has 25 heavy (non-hydrogen) atoms. The molecule has 0 amide bonds. The minimum atomic E-state index is 0.500. The summed E-state index contributed by atoms with van der Waals surface area (Å²) in [6.45, 7) is 3.22. The quantitative estimate of drug-likeness (QED) is 0.534. The predicted molar refractivity (Wildman–Crippen MR) is 106 cm³/mol. The third kappa shape index (κ3) is 5.15. The molecule has 0 saturated heterocycles. The van der Waals surface area contributed by atoms with E-state index in [4.69, 9.17) is 27.9 Å². The summed E-state index contributed by atoms with van der Waals surface area (Å²) in [6, 6.07) is 21.7. The maximum Gasteiger partial charge on any atom is 0.119 e. The van der Waals surface area contributed by atoms with Crippen molar-refractivity contribution < 1.29 is 4.74 Å². The first kappa shape index (κ1) is 17.7. The molecule has 0 aliphatic rings. The van der Waals surface area contributed by atoms with Gasteiger partial charge < -0.3 is 10.1 Å². The second-order valence-corrected chi connectivity index (χ2v) is 6.72.